The van der Waals surface area contributed by atoms with Crippen LogP contribution in [-0.4, -0.2) is 43.9 Å². The van der Waals surface area contributed by atoms with Gasteiger partial charge in [0.1, 0.15) is 5.82 Å². The fourth-order valence-corrected chi connectivity index (χ4v) is 4.82. The van der Waals surface area contributed by atoms with Crippen LogP contribution >= 0.6 is 0 Å². The summed E-state index contributed by atoms with van der Waals surface area (Å²) in [5, 5.41) is 2.88. The van der Waals surface area contributed by atoms with E-state index in [1.54, 1.807) is 18.3 Å². The van der Waals surface area contributed by atoms with Gasteiger partial charge in [-0.3, -0.25) is 4.79 Å². The zero-order valence-corrected chi connectivity index (χ0v) is 15.8. The van der Waals surface area contributed by atoms with E-state index in [9.17, 15) is 13.2 Å². The van der Waals surface area contributed by atoms with E-state index in [0.29, 0.717) is 17.8 Å². The molecule has 2 aromatic rings. The van der Waals surface area contributed by atoms with Crippen molar-refractivity contribution in [3.63, 3.8) is 0 Å². The van der Waals surface area contributed by atoms with Crippen LogP contribution in [0.15, 0.2) is 42.6 Å². The largest absolute Gasteiger partial charge is 0.356 e. The lowest BCUT2D eigenvalue weighted by Crippen LogP contribution is -2.33. The Balaban J connectivity index is 1.72. The molecule has 7 heteroatoms. The Labute approximate surface area is 154 Å². The highest BCUT2D eigenvalue weighted by Crippen LogP contribution is 2.22. The molecule has 0 bridgehead atoms. The van der Waals surface area contributed by atoms with Gasteiger partial charge in [0.25, 0.3) is 5.91 Å². The molecule has 1 aliphatic rings. The number of nitrogens with zero attached hydrogens (tertiary/aromatic N) is 2. The molecule has 138 valence electrons. The zero-order chi connectivity index (χ0) is 18.7. The van der Waals surface area contributed by atoms with Crippen molar-refractivity contribution < 1.29 is 13.2 Å². The highest BCUT2D eigenvalue weighted by molar-refractivity contribution is 7.91. The summed E-state index contributed by atoms with van der Waals surface area (Å²) >= 11 is 0. The number of rotatable bonds is 5. The molecule has 0 aliphatic carbocycles. The zero-order valence-electron chi connectivity index (χ0n) is 15.0. The molecule has 1 aromatic carbocycles. The number of aromatic nitrogens is 1. The maximum Gasteiger partial charge on any atom is 0.255 e. The van der Waals surface area contributed by atoms with Crippen molar-refractivity contribution in [2.45, 2.75) is 25.8 Å². The van der Waals surface area contributed by atoms with E-state index >= 15 is 0 Å². The summed E-state index contributed by atoms with van der Waals surface area (Å²) in [6.45, 7) is 2.08. The predicted octanol–water partition coefficient (Wildman–Crippen LogP) is 2.52. The van der Waals surface area contributed by atoms with Gasteiger partial charge in [-0.05, 0) is 42.7 Å². The van der Waals surface area contributed by atoms with Gasteiger partial charge in [-0.15, -0.1) is 0 Å². The molecular weight excluding hydrogens is 350 g/mol. The quantitative estimate of drug-likeness (QED) is 0.871. The van der Waals surface area contributed by atoms with Crippen molar-refractivity contribution in [2.75, 3.05) is 28.8 Å². The Morgan fingerprint density at radius 2 is 2.00 bits per heavy atom. The molecule has 0 radical (unpaired) electrons. The standard InChI is InChI=1S/C19H23N3O3S/c1-3-14-4-6-16(7-5-14)21-19(23)15-8-10-20-18(12-15)22(2)17-9-11-26(24,25)13-17/h4-8,10,12,17H,3,9,11,13H2,1-2H3,(H,21,23). The summed E-state index contributed by atoms with van der Waals surface area (Å²) in [5.41, 5.74) is 2.44. The monoisotopic (exact) mass is 373 g/mol. The smallest absolute Gasteiger partial charge is 0.255 e. The third kappa shape index (κ3) is 4.22. The van der Waals surface area contributed by atoms with Gasteiger partial charge in [0, 0.05) is 30.5 Å². The van der Waals surface area contributed by atoms with Crippen LogP contribution in [0, 0.1) is 0 Å². The van der Waals surface area contributed by atoms with Gasteiger partial charge in [0.15, 0.2) is 9.84 Å². The third-order valence-corrected chi connectivity index (χ3v) is 6.50. The maximum absolute atomic E-state index is 12.5. The van der Waals surface area contributed by atoms with E-state index in [1.807, 2.05) is 36.2 Å². The molecule has 1 atom stereocenters. The number of benzene rings is 1. The fraction of sp³-hybridized carbons (Fsp3) is 0.368. The average molecular weight is 373 g/mol. The molecule has 1 saturated heterocycles. The van der Waals surface area contributed by atoms with Crippen LogP contribution < -0.4 is 10.2 Å². The number of anilines is 2. The van der Waals surface area contributed by atoms with Gasteiger partial charge in [0.2, 0.25) is 0 Å². The number of carbonyl (C=O) groups is 1. The van der Waals surface area contributed by atoms with E-state index in [0.717, 1.165) is 12.1 Å². The summed E-state index contributed by atoms with van der Waals surface area (Å²) in [5.74, 6) is 0.716. The summed E-state index contributed by atoms with van der Waals surface area (Å²) < 4.78 is 23.4. The lowest BCUT2D eigenvalue weighted by atomic mass is 10.1. The SMILES string of the molecule is CCc1ccc(NC(=O)c2ccnc(N(C)C3CCS(=O)(=O)C3)c2)cc1. The number of aryl methyl sites for hydroxylation is 1. The second-order valence-electron chi connectivity index (χ2n) is 6.58. The number of nitrogens with one attached hydrogen (secondary N) is 1. The molecule has 0 spiro atoms. The van der Waals surface area contributed by atoms with Gasteiger partial charge in [-0.1, -0.05) is 19.1 Å². The van der Waals surface area contributed by atoms with Gasteiger partial charge in [0.05, 0.1) is 11.5 Å². The van der Waals surface area contributed by atoms with Crippen LogP contribution in [-0.2, 0) is 16.3 Å². The number of hydrogen-bond acceptors (Lipinski definition) is 5. The minimum atomic E-state index is -2.97. The molecular formula is C19H23N3O3S. The number of pyridine rings is 1. The summed E-state index contributed by atoms with van der Waals surface area (Å²) in [6, 6.07) is 11.0. The van der Waals surface area contributed by atoms with Gasteiger partial charge < -0.3 is 10.2 Å². The first kappa shape index (κ1) is 18.4. The van der Waals surface area contributed by atoms with Crippen molar-refractivity contribution >= 4 is 27.2 Å². The van der Waals surface area contributed by atoms with Gasteiger partial charge in [-0.25, -0.2) is 13.4 Å². The Morgan fingerprint density at radius 1 is 1.27 bits per heavy atom. The van der Waals surface area contributed by atoms with Crippen molar-refractivity contribution in [1.82, 2.24) is 4.98 Å². The minimum Gasteiger partial charge on any atom is -0.356 e. The first-order valence-electron chi connectivity index (χ1n) is 8.67. The molecule has 1 fully saturated rings. The van der Waals surface area contributed by atoms with E-state index in [2.05, 4.69) is 17.2 Å². The van der Waals surface area contributed by atoms with Crippen molar-refractivity contribution in [3.8, 4) is 0 Å². The normalized spacial score (nSPS) is 18.5. The Morgan fingerprint density at radius 3 is 2.62 bits per heavy atom. The molecule has 26 heavy (non-hydrogen) atoms. The third-order valence-electron chi connectivity index (χ3n) is 4.75. The Bertz CT molecular complexity index is 895. The second-order valence-corrected chi connectivity index (χ2v) is 8.80. The fourth-order valence-electron chi connectivity index (χ4n) is 3.05. The summed E-state index contributed by atoms with van der Waals surface area (Å²) in [4.78, 5) is 18.7. The predicted molar refractivity (Wildman–Crippen MR) is 103 cm³/mol. The summed E-state index contributed by atoms with van der Waals surface area (Å²) in [6.07, 6.45) is 3.11. The van der Waals surface area contributed by atoms with Crippen molar-refractivity contribution in [1.29, 1.82) is 0 Å². The van der Waals surface area contributed by atoms with Crippen molar-refractivity contribution in [2.24, 2.45) is 0 Å². The van der Waals surface area contributed by atoms with E-state index < -0.39 is 9.84 Å². The first-order chi connectivity index (χ1) is 12.4. The molecule has 2 heterocycles. The molecule has 6 nitrogen and oxygen atoms in total. The number of hydrogen-bond donors (Lipinski definition) is 1. The molecule has 1 unspecified atom stereocenters. The Kier molecular flexibility index (Phi) is 5.27. The van der Waals surface area contributed by atoms with E-state index in [1.165, 1.54) is 5.56 Å². The van der Waals surface area contributed by atoms with Gasteiger partial charge >= 0.3 is 0 Å². The molecule has 0 saturated carbocycles. The maximum atomic E-state index is 12.5. The average Bonchev–Trinajstić information content (AvgIpc) is 3.01. The van der Waals surface area contributed by atoms with Crippen LogP contribution in [0.4, 0.5) is 11.5 Å². The summed E-state index contributed by atoms with van der Waals surface area (Å²) in [7, 11) is -1.15. The van der Waals surface area contributed by atoms with Crippen LogP contribution in [0.25, 0.3) is 0 Å². The van der Waals surface area contributed by atoms with E-state index in [-0.39, 0.29) is 23.5 Å². The number of carbonyl (C=O) groups excluding carboxylic acids is 1. The van der Waals surface area contributed by atoms with Gasteiger partial charge in [-0.2, -0.15) is 0 Å². The molecule has 1 aromatic heterocycles. The molecule has 3 rings (SSSR count). The van der Waals surface area contributed by atoms with Crippen LogP contribution in [0.2, 0.25) is 0 Å². The number of sulfone groups is 1. The Hall–Kier alpha value is -2.41. The highest BCUT2D eigenvalue weighted by atomic mass is 32.2. The lowest BCUT2D eigenvalue weighted by molar-refractivity contribution is 0.102. The van der Waals surface area contributed by atoms with Crippen molar-refractivity contribution in [3.05, 3.63) is 53.7 Å². The highest BCUT2D eigenvalue weighted by Gasteiger charge is 2.31. The topological polar surface area (TPSA) is 79.4 Å². The lowest BCUT2D eigenvalue weighted by Gasteiger charge is -2.24. The van der Waals surface area contributed by atoms with Crippen LogP contribution in [0.5, 0.6) is 0 Å². The van der Waals surface area contributed by atoms with E-state index in [4.69, 9.17) is 0 Å². The molecule has 1 N–H and O–H groups in total. The molecule has 1 amide bonds. The molecule has 1 aliphatic heterocycles. The van der Waals surface area contributed by atoms with Crippen LogP contribution in [0.1, 0.15) is 29.3 Å². The second kappa shape index (κ2) is 7.45. The van der Waals surface area contributed by atoms with Crippen LogP contribution in [0.3, 0.4) is 0 Å². The minimum absolute atomic E-state index is 0.104. The number of amides is 1. The first-order valence-corrected chi connectivity index (χ1v) is 10.5.